The molecule has 0 saturated carbocycles. The Morgan fingerprint density at radius 2 is 1.15 bits per heavy atom. The molecule has 0 heterocycles. The van der Waals surface area contributed by atoms with Crippen molar-refractivity contribution in [2.45, 2.75) is 12.8 Å². The predicted molar refractivity (Wildman–Crippen MR) is 80.6 cm³/mol. The van der Waals surface area contributed by atoms with Crippen molar-refractivity contribution in [1.82, 2.24) is 0 Å². The minimum atomic E-state index is 1.25. The average Bonchev–Trinajstić information content (AvgIpc) is 2.16. The Bertz CT molecular complexity index is 83.5. The summed E-state index contributed by atoms with van der Waals surface area (Å²) in [5.41, 5.74) is 0. The first-order valence-electron chi connectivity index (χ1n) is 4.55. The van der Waals surface area contributed by atoms with E-state index in [9.17, 15) is 0 Å². The van der Waals surface area contributed by atoms with Gasteiger partial charge in [0.1, 0.15) is 0 Å². The van der Waals surface area contributed by atoms with Crippen LogP contribution in [0.5, 0.6) is 0 Å². The minimum absolute atomic E-state index is 1.25. The van der Waals surface area contributed by atoms with E-state index in [0.29, 0.717) is 0 Å². The summed E-state index contributed by atoms with van der Waals surface area (Å²) in [5.74, 6) is 2.65. The minimum Gasteiger partial charge on any atom is -0.151 e. The van der Waals surface area contributed by atoms with E-state index in [4.69, 9.17) is 0 Å². The molecule has 0 rings (SSSR count). The summed E-state index contributed by atoms with van der Waals surface area (Å²) in [4.78, 5) is 0. The van der Waals surface area contributed by atoms with Crippen LogP contribution in [0.1, 0.15) is 12.8 Å². The SMILES string of the molecule is PCCCSCSCSCCCP. The first kappa shape index (κ1) is 14.9. The second-order valence-corrected chi connectivity index (χ2v) is 7.62. The summed E-state index contributed by atoms with van der Waals surface area (Å²) in [5, 5.41) is 2.55. The second kappa shape index (κ2) is 13.9. The maximum atomic E-state index is 2.78. The van der Waals surface area contributed by atoms with E-state index >= 15 is 0 Å². The van der Waals surface area contributed by atoms with Crippen molar-refractivity contribution in [3.8, 4) is 0 Å². The molecular formula is C8H20P2S3. The Morgan fingerprint density at radius 3 is 1.54 bits per heavy atom. The lowest BCUT2D eigenvalue weighted by atomic mass is 10.6. The molecule has 0 aliphatic heterocycles. The molecule has 0 aromatic carbocycles. The highest BCUT2D eigenvalue weighted by Crippen LogP contribution is 2.18. The van der Waals surface area contributed by atoms with Crippen molar-refractivity contribution in [2.75, 3.05) is 34.0 Å². The van der Waals surface area contributed by atoms with Gasteiger partial charge in [-0.25, -0.2) is 0 Å². The van der Waals surface area contributed by atoms with Gasteiger partial charge in [0.05, 0.1) is 0 Å². The molecule has 0 radical (unpaired) electrons. The molecule has 80 valence electrons. The maximum absolute atomic E-state index is 2.78. The summed E-state index contributed by atoms with van der Waals surface area (Å²) in [6.45, 7) is 0. The van der Waals surface area contributed by atoms with Crippen LogP contribution in [0, 0.1) is 0 Å². The van der Waals surface area contributed by atoms with Crippen LogP contribution in [0.4, 0.5) is 0 Å². The van der Waals surface area contributed by atoms with E-state index in [1.165, 1.54) is 46.8 Å². The van der Waals surface area contributed by atoms with Crippen LogP contribution < -0.4 is 0 Å². The number of thioether (sulfide) groups is 3. The molecule has 0 aromatic heterocycles. The fraction of sp³-hybridized carbons (Fsp3) is 1.00. The largest absolute Gasteiger partial charge is 0.151 e. The van der Waals surface area contributed by atoms with Crippen LogP contribution in [-0.2, 0) is 0 Å². The number of hydrogen-bond donors (Lipinski definition) is 0. The van der Waals surface area contributed by atoms with Crippen molar-refractivity contribution >= 4 is 53.8 Å². The normalized spacial score (nSPS) is 10.6. The zero-order chi connectivity index (χ0) is 9.78. The molecule has 0 nitrogen and oxygen atoms in total. The van der Waals surface area contributed by atoms with Gasteiger partial charge in [0.2, 0.25) is 0 Å². The molecule has 0 aliphatic rings. The van der Waals surface area contributed by atoms with Gasteiger partial charge in [0, 0.05) is 10.2 Å². The molecule has 13 heavy (non-hydrogen) atoms. The van der Waals surface area contributed by atoms with Gasteiger partial charge in [-0.1, -0.05) is 0 Å². The molecule has 0 amide bonds. The number of rotatable bonds is 10. The van der Waals surface area contributed by atoms with Crippen LogP contribution >= 0.6 is 53.8 Å². The predicted octanol–water partition coefficient (Wildman–Crippen LogP) is 3.63. The summed E-state index contributed by atoms with van der Waals surface area (Å²) in [7, 11) is 5.56. The van der Waals surface area contributed by atoms with Crippen LogP contribution in [0.25, 0.3) is 0 Å². The van der Waals surface area contributed by atoms with Gasteiger partial charge in [-0.05, 0) is 36.7 Å². The van der Waals surface area contributed by atoms with Crippen LogP contribution in [0.2, 0.25) is 0 Å². The van der Waals surface area contributed by atoms with Crippen molar-refractivity contribution in [2.24, 2.45) is 0 Å². The van der Waals surface area contributed by atoms with E-state index in [2.05, 4.69) is 53.8 Å². The summed E-state index contributed by atoms with van der Waals surface area (Å²) < 4.78 is 0. The first-order valence-corrected chi connectivity index (χ1v) is 9.65. The Morgan fingerprint density at radius 1 is 0.692 bits per heavy atom. The Balaban J connectivity index is 2.76. The highest BCUT2D eigenvalue weighted by atomic mass is 32.2. The van der Waals surface area contributed by atoms with Gasteiger partial charge in [0.25, 0.3) is 0 Å². The van der Waals surface area contributed by atoms with E-state index in [0.717, 1.165) is 0 Å². The molecule has 5 heteroatoms. The summed E-state index contributed by atoms with van der Waals surface area (Å²) in [6, 6.07) is 0. The van der Waals surface area contributed by atoms with Gasteiger partial charge in [0.15, 0.2) is 0 Å². The van der Waals surface area contributed by atoms with E-state index < -0.39 is 0 Å². The smallest absolute Gasteiger partial charge is 0.0400 e. The molecule has 2 atom stereocenters. The Kier molecular flexibility index (Phi) is 16.0. The number of hydrogen-bond acceptors (Lipinski definition) is 3. The van der Waals surface area contributed by atoms with Crippen molar-refractivity contribution in [1.29, 1.82) is 0 Å². The van der Waals surface area contributed by atoms with Gasteiger partial charge < -0.3 is 0 Å². The fourth-order valence-electron chi connectivity index (χ4n) is 0.641. The molecule has 0 spiro atoms. The second-order valence-electron chi connectivity index (χ2n) is 2.54. The zero-order valence-electron chi connectivity index (χ0n) is 8.04. The molecule has 0 N–H and O–H groups in total. The molecule has 0 saturated heterocycles. The maximum Gasteiger partial charge on any atom is 0.0400 e. The van der Waals surface area contributed by atoms with Gasteiger partial charge in [-0.3, -0.25) is 0 Å². The molecule has 0 fully saturated rings. The Hall–Kier alpha value is 1.91. The third-order valence-electron chi connectivity index (χ3n) is 1.32. The van der Waals surface area contributed by atoms with E-state index in [-0.39, 0.29) is 0 Å². The Labute approximate surface area is 100 Å². The van der Waals surface area contributed by atoms with Gasteiger partial charge >= 0.3 is 0 Å². The lowest BCUT2D eigenvalue weighted by Crippen LogP contribution is -1.83. The third kappa shape index (κ3) is 13.9. The molecular weight excluding hydrogens is 254 g/mol. The molecule has 0 aromatic rings. The average molecular weight is 274 g/mol. The summed E-state index contributed by atoms with van der Waals surface area (Å²) in [6.07, 6.45) is 5.19. The first-order chi connectivity index (χ1) is 6.41. The molecule has 0 bridgehead atoms. The summed E-state index contributed by atoms with van der Waals surface area (Å²) >= 11 is 6.21. The standard InChI is InChI=1S/C8H20P2S3/c9-3-1-5-11-7-13-8-12-6-2-4-10/h1-10H2. The lowest BCUT2D eigenvalue weighted by molar-refractivity contribution is 1.13. The molecule has 2 unspecified atom stereocenters. The van der Waals surface area contributed by atoms with Crippen molar-refractivity contribution in [3.05, 3.63) is 0 Å². The van der Waals surface area contributed by atoms with Gasteiger partial charge in [-0.15, -0.1) is 30.2 Å². The fourth-order valence-corrected chi connectivity index (χ4v) is 5.15. The monoisotopic (exact) mass is 274 g/mol. The highest BCUT2D eigenvalue weighted by Gasteiger charge is 1.91. The topological polar surface area (TPSA) is 0 Å². The molecule has 0 aliphatic carbocycles. The van der Waals surface area contributed by atoms with Crippen molar-refractivity contribution < 1.29 is 0 Å². The zero-order valence-corrected chi connectivity index (χ0v) is 12.8. The van der Waals surface area contributed by atoms with Gasteiger partial charge in [-0.2, -0.15) is 23.5 Å². The van der Waals surface area contributed by atoms with Crippen LogP contribution in [0.3, 0.4) is 0 Å². The van der Waals surface area contributed by atoms with Crippen LogP contribution in [0.15, 0.2) is 0 Å². The quantitative estimate of drug-likeness (QED) is 0.339. The van der Waals surface area contributed by atoms with E-state index in [1.54, 1.807) is 0 Å². The highest BCUT2D eigenvalue weighted by molar-refractivity contribution is 8.22. The lowest BCUT2D eigenvalue weighted by Gasteiger charge is -2.00. The van der Waals surface area contributed by atoms with Crippen molar-refractivity contribution in [3.63, 3.8) is 0 Å². The third-order valence-corrected chi connectivity index (χ3v) is 5.96. The van der Waals surface area contributed by atoms with E-state index in [1.807, 2.05) is 0 Å². The van der Waals surface area contributed by atoms with Crippen LogP contribution in [-0.4, -0.2) is 34.0 Å².